The van der Waals surface area contributed by atoms with E-state index in [1.54, 1.807) is 17.0 Å². The Morgan fingerprint density at radius 1 is 1.36 bits per heavy atom. The minimum absolute atomic E-state index is 0.0984. The molecule has 6 nitrogen and oxygen atoms in total. The lowest BCUT2D eigenvalue weighted by Crippen LogP contribution is -2.42. The number of nitrogens with zero attached hydrogens (tertiary/aromatic N) is 3. The summed E-state index contributed by atoms with van der Waals surface area (Å²) in [5, 5.41) is 0. The standard InChI is InChI=1S/C15H15FN4O2/c16-11-3-1-2-10(8-11)12-9-20(6-7-22-12)15(21)13-14(17)19-5-4-18-13/h1-5,8,12H,6-7,9H2,(H2,17,19). The molecule has 22 heavy (non-hydrogen) atoms. The second-order valence-corrected chi connectivity index (χ2v) is 4.96. The summed E-state index contributed by atoms with van der Waals surface area (Å²) in [6, 6.07) is 6.18. The van der Waals surface area contributed by atoms with Gasteiger partial charge in [-0.1, -0.05) is 12.1 Å². The second kappa shape index (κ2) is 6.07. The van der Waals surface area contributed by atoms with Gasteiger partial charge < -0.3 is 15.4 Å². The molecule has 0 radical (unpaired) electrons. The van der Waals surface area contributed by atoms with Gasteiger partial charge in [0.15, 0.2) is 11.5 Å². The number of hydrogen-bond acceptors (Lipinski definition) is 5. The first kappa shape index (κ1) is 14.4. The van der Waals surface area contributed by atoms with E-state index < -0.39 is 0 Å². The van der Waals surface area contributed by atoms with Crippen LogP contribution in [-0.4, -0.2) is 40.5 Å². The molecule has 0 aliphatic carbocycles. The zero-order valence-corrected chi connectivity index (χ0v) is 11.8. The average Bonchev–Trinajstić information content (AvgIpc) is 2.55. The number of amides is 1. The number of nitrogen functional groups attached to an aromatic ring is 1. The number of carbonyl (C=O) groups is 1. The van der Waals surface area contributed by atoms with Gasteiger partial charge in [-0.2, -0.15) is 0 Å². The maximum absolute atomic E-state index is 13.3. The molecule has 1 aromatic carbocycles. The van der Waals surface area contributed by atoms with Crippen molar-refractivity contribution in [3.63, 3.8) is 0 Å². The molecule has 2 heterocycles. The third-order valence-electron chi connectivity index (χ3n) is 3.50. The number of rotatable bonds is 2. The van der Waals surface area contributed by atoms with Crippen molar-refractivity contribution in [3.05, 3.63) is 53.7 Å². The van der Waals surface area contributed by atoms with Gasteiger partial charge in [0.05, 0.1) is 13.2 Å². The lowest BCUT2D eigenvalue weighted by Gasteiger charge is -2.33. The fourth-order valence-corrected chi connectivity index (χ4v) is 2.41. The number of ether oxygens (including phenoxy) is 1. The largest absolute Gasteiger partial charge is 0.382 e. The number of anilines is 1. The van der Waals surface area contributed by atoms with Crippen LogP contribution in [0.1, 0.15) is 22.2 Å². The predicted octanol–water partition coefficient (Wildman–Crippen LogP) is 1.41. The summed E-state index contributed by atoms with van der Waals surface area (Å²) in [4.78, 5) is 21.9. The molecular formula is C15H15FN4O2. The molecule has 1 saturated heterocycles. The summed E-state index contributed by atoms with van der Waals surface area (Å²) in [5.41, 5.74) is 6.52. The first-order valence-corrected chi connectivity index (χ1v) is 6.88. The van der Waals surface area contributed by atoms with Crippen LogP contribution < -0.4 is 5.73 Å². The van der Waals surface area contributed by atoms with Crippen molar-refractivity contribution in [3.8, 4) is 0 Å². The quantitative estimate of drug-likeness (QED) is 0.907. The van der Waals surface area contributed by atoms with E-state index in [1.807, 2.05) is 0 Å². The van der Waals surface area contributed by atoms with Gasteiger partial charge in [0.2, 0.25) is 0 Å². The lowest BCUT2D eigenvalue weighted by atomic mass is 10.1. The van der Waals surface area contributed by atoms with Crippen LogP contribution in [-0.2, 0) is 4.74 Å². The molecule has 2 N–H and O–H groups in total. The summed E-state index contributed by atoms with van der Waals surface area (Å²) in [6.07, 6.45) is 2.49. The van der Waals surface area contributed by atoms with Crippen molar-refractivity contribution in [2.45, 2.75) is 6.10 Å². The van der Waals surface area contributed by atoms with Gasteiger partial charge in [-0.15, -0.1) is 0 Å². The minimum atomic E-state index is -0.369. The summed E-state index contributed by atoms with van der Waals surface area (Å²) in [5.74, 6) is -0.528. The molecule has 7 heteroatoms. The van der Waals surface area contributed by atoms with Crippen molar-refractivity contribution in [2.75, 3.05) is 25.4 Å². The highest BCUT2D eigenvalue weighted by Crippen LogP contribution is 2.24. The Balaban J connectivity index is 1.78. The zero-order valence-electron chi connectivity index (χ0n) is 11.8. The number of carbonyl (C=O) groups excluding carboxylic acids is 1. The molecule has 1 aliphatic rings. The van der Waals surface area contributed by atoms with Crippen LogP contribution in [0.15, 0.2) is 36.7 Å². The van der Waals surface area contributed by atoms with Crippen LogP contribution in [0.25, 0.3) is 0 Å². The predicted molar refractivity (Wildman–Crippen MR) is 77.4 cm³/mol. The van der Waals surface area contributed by atoms with E-state index in [0.29, 0.717) is 25.3 Å². The van der Waals surface area contributed by atoms with Gasteiger partial charge in [-0.05, 0) is 17.7 Å². The van der Waals surface area contributed by atoms with Crippen molar-refractivity contribution < 1.29 is 13.9 Å². The summed E-state index contributed by atoms with van der Waals surface area (Å²) >= 11 is 0. The zero-order chi connectivity index (χ0) is 15.5. The smallest absolute Gasteiger partial charge is 0.276 e. The molecule has 1 atom stereocenters. The molecular weight excluding hydrogens is 287 g/mol. The van der Waals surface area contributed by atoms with Crippen LogP contribution >= 0.6 is 0 Å². The van der Waals surface area contributed by atoms with E-state index in [4.69, 9.17) is 10.5 Å². The fraction of sp³-hybridized carbons (Fsp3) is 0.267. The van der Waals surface area contributed by atoms with E-state index in [1.165, 1.54) is 24.5 Å². The third-order valence-corrected chi connectivity index (χ3v) is 3.50. The number of halogens is 1. The highest BCUT2D eigenvalue weighted by Gasteiger charge is 2.28. The van der Waals surface area contributed by atoms with Gasteiger partial charge >= 0.3 is 0 Å². The average molecular weight is 302 g/mol. The van der Waals surface area contributed by atoms with E-state index in [-0.39, 0.29) is 29.3 Å². The second-order valence-electron chi connectivity index (χ2n) is 4.96. The molecule has 114 valence electrons. The SMILES string of the molecule is Nc1nccnc1C(=O)N1CCOC(c2cccc(F)c2)C1. The maximum Gasteiger partial charge on any atom is 0.276 e. The normalized spacial score (nSPS) is 18.2. The molecule has 0 spiro atoms. The Morgan fingerprint density at radius 3 is 2.95 bits per heavy atom. The van der Waals surface area contributed by atoms with Crippen molar-refractivity contribution >= 4 is 11.7 Å². The first-order valence-electron chi connectivity index (χ1n) is 6.88. The Bertz CT molecular complexity index is 695. The van der Waals surface area contributed by atoms with Crippen LogP contribution in [0, 0.1) is 5.82 Å². The van der Waals surface area contributed by atoms with Gasteiger partial charge in [0.1, 0.15) is 11.9 Å². The number of aromatic nitrogens is 2. The van der Waals surface area contributed by atoms with Crippen molar-refractivity contribution in [2.24, 2.45) is 0 Å². The minimum Gasteiger partial charge on any atom is -0.382 e. The molecule has 2 aromatic rings. The van der Waals surface area contributed by atoms with Crippen LogP contribution in [0.2, 0.25) is 0 Å². The molecule has 1 aliphatic heterocycles. The Kier molecular flexibility index (Phi) is 3.97. The number of hydrogen-bond donors (Lipinski definition) is 1. The highest BCUT2D eigenvalue weighted by atomic mass is 19.1. The molecule has 1 amide bonds. The van der Waals surface area contributed by atoms with Crippen LogP contribution in [0.3, 0.4) is 0 Å². The summed E-state index contributed by atoms with van der Waals surface area (Å²) in [7, 11) is 0. The third kappa shape index (κ3) is 2.89. The molecule has 1 unspecified atom stereocenters. The maximum atomic E-state index is 13.3. The van der Waals surface area contributed by atoms with Gasteiger partial charge in [-0.25, -0.2) is 14.4 Å². The topological polar surface area (TPSA) is 81.3 Å². The van der Waals surface area contributed by atoms with E-state index in [9.17, 15) is 9.18 Å². The van der Waals surface area contributed by atoms with Gasteiger partial charge in [-0.3, -0.25) is 4.79 Å². The molecule has 0 bridgehead atoms. The van der Waals surface area contributed by atoms with E-state index in [2.05, 4.69) is 9.97 Å². The van der Waals surface area contributed by atoms with Crippen LogP contribution in [0.4, 0.5) is 10.2 Å². The number of morpholine rings is 1. The van der Waals surface area contributed by atoms with Gasteiger partial charge in [0, 0.05) is 18.9 Å². The molecule has 1 fully saturated rings. The Morgan fingerprint density at radius 2 is 2.18 bits per heavy atom. The van der Waals surface area contributed by atoms with Gasteiger partial charge in [0.25, 0.3) is 5.91 Å². The summed E-state index contributed by atoms with van der Waals surface area (Å²) in [6.45, 7) is 1.12. The number of nitrogens with two attached hydrogens (primary N) is 1. The van der Waals surface area contributed by atoms with Crippen molar-refractivity contribution in [1.29, 1.82) is 0 Å². The Labute approximate surface area is 126 Å². The number of benzene rings is 1. The molecule has 1 aromatic heterocycles. The molecule has 3 rings (SSSR count). The lowest BCUT2D eigenvalue weighted by molar-refractivity contribution is -0.0231. The monoisotopic (exact) mass is 302 g/mol. The first-order chi connectivity index (χ1) is 10.6. The molecule has 0 saturated carbocycles. The van der Waals surface area contributed by atoms with E-state index >= 15 is 0 Å². The fourth-order valence-electron chi connectivity index (χ4n) is 2.41. The summed E-state index contributed by atoms with van der Waals surface area (Å²) < 4.78 is 19.0. The highest BCUT2D eigenvalue weighted by molar-refractivity contribution is 5.96. The van der Waals surface area contributed by atoms with Crippen LogP contribution in [0.5, 0.6) is 0 Å². The van der Waals surface area contributed by atoms with E-state index in [0.717, 1.165) is 0 Å². The Hall–Kier alpha value is -2.54. The van der Waals surface area contributed by atoms with Crippen molar-refractivity contribution in [1.82, 2.24) is 14.9 Å².